The summed E-state index contributed by atoms with van der Waals surface area (Å²) < 4.78 is 0. The maximum Gasteiger partial charge on any atom is 0.108 e. The lowest BCUT2D eigenvalue weighted by Gasteiger charge is -2.32. The van der Waals surface area contributed by atoms with Gasteiger partial charge in [0, 0.05) is 0 Å². The number of aliphatic hydroxyl groups is 1. The monoisotopic (exact) mass is 224 g/mol. The molecule has 0 saturated carbocycles. The first-order valence-corrected chi connectivity index (χ1v) is 6.12. The molecule has 2 aromatic rings. The minimum Gasteiger partial charge on any atom is -0.381 e. The van der Waals surface area contributed by atoms with Crippen LogP contribution in [-0.4, -0.2) is 5.11 Å². The van der Waals surface area contributed by atoms with E-state index in [2.05, 4.69) is 43.0 Å². The van der Waals surface area contributed by atoms with Crippen LogP contribution in [0.25, 0.3) is 10.8 Å². The molecule has 1 N–H and O–H groups in total. The van der Waals surface area contributed by atoms with Gasteiger partial charge < -0.3 is 5.11 Å². The molecule has 0 fully saturated rings. The first kappa shape index (κ1) is 10.5. The smallest absolute Gasteiger partial charge is 0.108 e. The molecule has 0 amide bonds. The number of hydrogen-bond donors (Lipinski definition) is 1. The summed E-state index contributed by atoms with van der Waals surface area (Å²) >= 11 is 0. The van der Waals surface area contributed by atoms with Gasteiger partial charge in [-0.25, -0.2) is 0 Å². The molecule has 1 heteroatoms. The summed E-state index contributed by atoms with van der Waals surface area (Å²) in [5, 5.41) is 13.1. The molecule has 0 bridgehead atoms. The first-order chi connectivity index (χ1) is 8.24. The second-order valence-electron chi connectivity index (χ2n) is 4.79. The van der Waals surface area contributed by atoms with Crippen molar-refractivity contribution in [1.82, 2.24) is 0 Å². The van der Waals surface area contributed by atoms with Crippen LogP contribution in [0.3, 0.4) is 0 Å². The summed E-state index contributed by atoms with van der Waals surface area (Å²) in [6.07, 6.45) is 4.53. The van der Waals surface area contributed by atoms with Gasteiger partial charge in [-0.15, -0.1) is 0 Å². The van der Waals surface area contributed by atoms with Crippen LogP contribution in [0.2, 0.25) is 0 Å². The SMILES string of the molecule is C=CC1(O)CCCc2c1ccc1ccccc21. The topological polar surface area (TPSA) is 20.2 Å². The lowest BCUT2D eigenvalue weighted by Crippen LogP contribution is -2.28. The Bertz CT molecular complexity index is 585. The van der Waals surface area contributed by atoms with Crippen molar-refractivity contribution in [3.63, 3.8) is 0 Å². The molecule has 86 valence electrons. The van der Waals surface area contributed by atoms with E-state index in [1.165, 1.54) is 16.3 Å². The van der Waals surface area contributed by atoms with Gasteiger partial charge in [-0.2, -0.15) is 0 Å². The largest absolute Gasteiger partial charge is 0.381 e. The highest BCUT2D eigenvalue weighted by Crippen LogP contribution is 2.39. The van der Waals surface area contributed by atoms with E-state index in [1.54, 1.807) is 6.08 Å². The third-order valence-corrected chi connectivity index (χ3v) is 3.83. The fourth-order valence-electron chi connectivity index (χ4n) is 2.89. The van der Waals surface area contributed by atoms with Crippen LogP contribution in [-0.2, 0) is 12.0 Å². The van der Waals surface area contributed by atoms with Gasteiger partial charge >= 0.3 is 0 Å². The molecule has 0 radical (unpaired) electrons. The molecular weight excluding hydrogens is 208 g/mol. The zero-order valence-corrected chi connectivity index (χ0v) is 9.82. The molecule has 1 atom stereocenters. The molecule has 2 aromatic carbocycles. The fourth-order valence-corrected chi connectivity index (χ4v) is 2.89. The van der Waals surface area contributed by atoms with E-state index in [0.717, 1.165) is 24.8 Å². The van der Waals surface area contributed by atoms with Crippen molar-refractivity contribution >= 4 is 10.8 Å². The molecule has 17 heavy (non-hydrogen) atoms. The van der Waals surface area contributed by atoms with Gasteiger partial charge in [-0.3, -0.25) is 0 Å². The summed E-state index contributed by atoms with van der Waals surface area (Å²) in [6, 6.07) is 12.5. The maximum absolute atomic E-state index is 10.6. The van der Waals surface area contributed by atoms with E-state index in [0.29, 0.717) is 0 Å². The third-order valence-electron chi connectivity index (χ3n) is 3.83. The van der Waals surface area contributed by atoms with Crippen LogP contribution in [0.1, 0.15) is 24.0 Å². The van der Waals surface area contributed by atoms with Crippen molar-refractivity contribution in [2.45, 2.75) is 24.9 Å². The first-order valence-electron chi connectivity index (χ1n) is 6.12. The molecule has 1 aliphatic rings. The van der Waals surface area contributed by atoms with E-state index < -0.39 is 5.60 Å². The number of aryl methyl sites for hydroxylation is 1. The number of hydrogen-bond acceptors (Lipinski definition) is 1. The molecule has 1 aliphatic carbocycles. The fraction of sp³-hybridized carbons (Fsp3) is 0.250. The van der Waals surface area contributed by atoms with Crippen molar-refractivity contribution in [2.24, 2.45) is 0 Å². The number of fused-ring (bicyclic) bond motifs is 3. The predicted molar refractivity (Wildman–Crippen MR) is 71.0 cm³/mol. The van der Waals surface area contributed by atoms with E-state index in [1.807, 2.05) is 0 Å². The Balaban J connectivity index is 2.34. The van der Waals surface area contributed by atoms with Gasteiger partial charge in [-0.1, -0.05) is 49.1 Å². The van der Waals surface area contributed by atoms with E-state index in [4.69, 9.17) is 0 Å². The number of benzene rings is 2. The van der Waals surface area contributed by atoms with Crippen LogP contribution >= 0.6 is 0 Å². The molecule has 0 saturated heterocycles. The van der Waals surface area contributed by atoms with Crippen molar-refractivity contribution in [1.29, 1.82) is 0 Å². The normalized spacial score (nSPS) is 23.4. The summed E-state index contributed by atoms with van der Waals surface area (Å²) in [6.45, 7) is 3.79. The Morgan fingerprint density at radius 1 is 1.18 bits per heavy atom. The van der Waals surface area contributed by atoms with E-state index in [-0.39, 0.29) is 0 Å². The third kappa shape index (κ3) is 1.50. The van der Waals surface area contributed by atoms with E-state index >= 15 is 0 Å². The molecule has 1 unspecified atom stereocenters. The summed E-state index contributed by atoms with van der Waals surface area (Å²) in [4.78, 5) is 0. The Labute approximate surface area is 101 Å². The van der Waals surface area contributed by atoms with Gasteiger partial charge in [0.2, 0.25) is 0 Å². The molecule has 0 aliphatic heterocycles. The summed E-state index contributed by atoms with van der Waals surface area (Å²) in [5.41, 5.74) is 1.49. The highest BCUT2D eigenvalue weighted by molar-refractivity contribution is 5.87. The summed E-state index contributed by atoms with van der Waals surface area (Å²) in [5.74, 6) is 0. The van der Waals surface area contributed by atoms with Gasteiger partial charge in [-0.05, 0) is 41.2 Å². The van der Waals surface area contributed by atoms with Gasteiger partial charge in [0.1, 0.15) is 5.60 Å². The van der Waals surface area contributed by atoms with E-state index in [9.17, 15) is 5.11 Å². The van der Waals surface area contributed by atoms with Crippen molar-refractivity contribution in [2.75, 3.05) is 0 Å². The Kier molecular flexibility index (Phi) is 2.30. The quantitative estimate of drug-likeness (QED) is 0.734. The maximum atomic E-state index is 10.6. The molecule has 3 rings (SSSR count). The lowest BCUT2D eigenvalue weighted by atomic mass is 9.77. The summed E-state index contributed by atoms with van der Waals surface area (Å²) in [7, 11) is 0. The minimum absolute atomic E-state index is 0.780. The minimum atomic E-state index is -0.836. The van der Waals surface area contributed by atoms with Crippen LogP contribution in [0.4, 0.5) is 0 Å². The lowest BCUT2D eigenvalue weighted by molar-refractivity contribution is 0.0707. The van der Waals surface area contributed by atoms with Gasteiger partial charge in [0.05, 0.1) is 0 Å². The highest BCUT2D eigenvalue weighted by atomic mass is 16.3. The predicted octanol–water partition coefficient (Wildman–Crippen LogP) is 3.55. The Morgan fingerprint density at radius 3 is 2.82 bits per heavy atom. The van der Waals surface area contributed by atoms with Crippen molar-refractivity contribution < 1.29 is 5.11 Å². The van der Waals surface area contributed by atoms with Crippen molar-refractivity contribution in [3.05, 3.63) is 60.2 Å². The Hall–Kier alpha value is -1.60. The molecular formula is C16H16O. The average molecular weight is 224 g/mol. The molecule has 0 aromatic heterocycles. The number of rotatable bonds is 1. The zero-order valence-electron chi connectivity index (χ0n) is 9.82. The molecule has 0 spiro atoms. The second kappa shape index (κ2) is 3.71. The van der Waals surface area contributed by atoms with Crippen LogP contribution in [0.5, 0.6) is 0 Å². The van der Waals surface area contributed by atoms with Gasteiger partial charge in [0.15, 0.2) is 0 Å². The van der Waals surface area contributed by atoms with Crippen LogP contribution in [0, 0.1) is 0 Å². The second-order valence-corrected chi connectivity index (χ2v) is 4.79. The van der Waals surface area contributed by atoms with Crippen LogP contribution < -0.4 is 0 Å². The highest BCUT2D eigenvalue weighted by Gasteiger charge is 2.31. The van der Waals surface area contributed by atoms with Crippen LogP contribution in [0.15, 0.2) is 49.1 Å². The Morgan fingerprint density at radius 2 is 2.00 bits per heavy atom. The standard InChI is InChI=1S/C16H16O/c1-2-16(17)11-5-8-14-13-7-4-3-6-12(13)9-10-15(14)16/h2-4,6-7,9-10,17H,1,5,8,11H2. The molecule has 1 nitrogen and oxygen atoms in total. The zero-order chi connectivity index (χ0) is 11.9. The molecule has 0 heterocycles. The average Bonchev–Trinajstić information content (AvgIpc) is 2.39. The van der Waals surface area contributed by atoms with Crippen molar-refractivity contribution in [3.8, 4) is 0 Å². The van der Waals surface area contributed by atoms with Gasteiger partial charge in [0.25, 0.3) is 0 Å².